The van der Waals surface area contributed by atoms with E-state index in [1.165, 1.54) is 11.9 Å². The highest BCUT2D eigenvalue weighted by Crippen LogP contribution is 2.17. The molecule has 2 aliphatic rings. The van der Waals surface area contributed by atoms with Crippen molar-refractivity contribution in [1.29, 1.82) is 0 Å². The van der Waals surface area contributed by atoms with Gasteiger partial charge in [0.15, 0.2) is 0 Å². The lowest BCUT2D eigenvalue weighted by Gasteiger charge is -2.31. The second-order valence-electron chi connectivity index (χ2n) is 7.26. The second kappa shape index (κ2) is 8.39. The summed E-state index contributed by atoms with van der Waals surface area (Å²) >= 11 is 0. The Bertz CT molecular complexity index is 1090. The maximum absolute atomic E-state index is 12.5. The van der Waals surface area contributed by atoms with Crippen LogP contribution in [0.4, 0.5) is 4.79 Å². The van der Waals surface area contributed by atoms with Gasteiger partial charge in [-0.2, -0.15) is 5.43 Å². The van der Waals surface area contributed by atoms with E-state index in [1.807, 2.05) is 54.6 Å². The van der Waals surface area contributed by atoms with Crippen LogP contribution in [0.25, 0.3) is 0 Å². The third-order valence-electron chi connectivity index (χ3n) is 5.18. The molecule has 0 saturated carbocycles. The number of rotatable bonds is 5. The van der Waals surface area contributed by atoms with Gasteiger partial charge in [-0.25, -0.2) is 9.37 Å². The zero-order valence-electron chi connectivity index (χ0n) is 17.5. The SMILES string of the molecule is CN1C(=O)C2C(=NC(N/N=C/c3ccc(OCc4ccccc4)cc3)=[N+]2C)N(C)C1=O. The zero-order chi connectivity index (χ0) is 22.0. The van der Waals surface area contributed by atoms with Gasteiger partial charge in [-0.15, -0.1) is 5.10 Å². The Kier molecular flexibility index (Phi) is 5.48. The summed E-state index contributed by atoms with van der Waals surface area (Å²) in [4.78, 5) is 31.4. The quantitative estimate of drug-likeness (QED) is 0.452. The summed E-state index contributed by atoms with van der Waals surface area (Å²) in [7, 11) is 4.79. The van der Waals surface area contributed by atoms with Gasteiger partial charge >= 0.3 is 12.0 Å². The Balaban J connectivity index is 1.38. The molecule has 2 aliphatic heterocycles. The minimum atomic E-state index is -0.647. The number of amides is 3. The van der Waals surface area contributed by atoms with Crippen LogP contribution in [-0.4, -0.2) is 71.5 Å². The van der Waals surface area contributed by atoms with E-state index in [2.05, 4.69) is 15.5 Å². The van der Waals surface area contributed by atoms with E-state index in [0.29, 0.717) is 18.4 Å². The summed E-state index contributed by atoms with van der Waals surface area (Å²) in [5.74, 6) is 1.22. The van der Waals surface area contributed by atoms with Gasteiger partial charge in [0, 0.05) is 14.1 Å². The summed E-state index contributed by atoms with van der Waals surface area (Å²) < 4.78 is 7.44. The van der Waals surface area contributed by atoms with Crippen molar-refractivity contribution in [2.24, 2.45) is 10.1 Å². The molecule has 4 rings (SSSR count). The standard InChI is InChI=1S/C22H22N6O3/c1-26-18-19(27(2)22(30)28(3)20(18)29)24-21(26)25-23-13-15-9-11-17(12-10-15)31-14-16-7-5-4-6-8-16/h4-13,18H,14H2,1-3H3/p+1/b23-13+. The van der Waals surface area contributed by atoms with Crippen molar-refractivity contribution in [2.45, 2.75) is 12.6 Å². The van der Waals surface area contributed by atoms with Crippen LogP contribution < -0.4 is 10.2 Å². The van der Waals surface area contributed by atoms with Crippen LogP contribution in [0.3, 0.4) is 0 Å². The summed E-state index contributed by atoms with van der Waals surface area (Å²) in [5.41, 5.74) is 4.83. The molecular weight excluding hydrogens is 396 g/mol. The van der Waals surface area contributed by atoms with Gasteiger partial charge < -0.3 is 4.74 Å². The van der Waals surface area contributed by atoms with Crippen LogP contribution in [0.2, 0.25) is 0 Å². The van der Waals surface area contributed by atoms with Crippen molar-refractivity contribution in [3.8, 4) is 5.75 Å². The van der Waals surface area contributed by atoms with Crippen LogP contribution in [-0.2, 0) is 11.4 Å². The number of urea groups is 1. The predicted octanol–water partition coefficient (Wildman–Crippen LogP) is 1.49. The first-order valence-electron chi connectivity index (χ1n) is 9.75. The topological polar surface area (TPSA) is 89.6 Å². The highest BCUT2D eigenvalue weighted by Gasteiger charge is 2.50. The van der Waals surface area contributed by atoms with E-state index in [0.717, 1.165) is 21.8 Å². The molecule has 2 aromatic carbocycles. The fraction of sp³-hybridized carbons (Fsp3) is 0.227. The van der Waals surface area contributed by atoms with Crippen molar-refractivity contribution >= 4 is 29.9 Å². The molecule has 0 aromatic heterocycles. The van der Waals surface area contributed by atoms with Crippen LogP contribution in [0.5, 0.6) is 5.75 Å². The summed E-state index contributed by atoms with van der Waals surface area (Å²) in [6.07, 6.45) is 1.65. The van der Waals surface area contributed by atoms with Crippen LogP contribution in [0.15, 0.2) is 64.7 Å². The molecule has 1 saturated heterocycles. The molecular formula is C22H23N6O3+. The molecule has 1 atom stereocenters. The molecule has 1 fully saturated rings. The van der Waals surface area contributed by atoms with Gasteiger partial charge in [0.25, 0.3) is 5.91 Å². The average molecular weight is 419 g/mol. The van der Waals surface area contributed by atoms with Gasteiger partial charge in [0.2, 0.25) is 11.9 Å². The minimum absolute atomic E-state index is 0.323. The Morgan fingerprint density at radius 2 is 1.81 bits per heavy atom. The molecule has 2 aromatic rings. The zero-order valence-corrected chi connectivity index (χ0v) is 17.5. The average Bonchev–Trinajstić information content (AvgIpc) is 3.13. The molecule has 0 aliphatic carbocycles. The van der Waals surface area contributed by atoms with Gasteiger partial charge in [-0.3, -0.25) is 14.6 Å². The lowest BCUT2D eigenvalue weighted by Crippen LogP contribution is -2.61. The molecule has 0 bridgehead atoms. The Morgan fingerprint density at radius 1 is 1.10 bits per heavy atom. The number of benzene rings is 2. The molecule has 0 spiro atoms. The normalized spacial score (nSPS) is 18.5. The van der Waals surface area contributed by atoms with Gasteiger partial charge in [0.1, 0.15) is 12.4 Å². The second-order valence-corrected chi connectivity index (χ2v) is 7.26. The molecule has 158 valence electrons. The van der Waals surface area contributed by atoms with E-state index >= 15 is 0 Å². The number of aliphatic imine (C=N–C) groups is 1. The number of likely N-dealkylation sites (N-methyl/N-ethyl adjacent to an activating group) is 3. The number of fused-ring (bicyclic) bond motifs is 1. The fourth-order valence-corrected chi connectivity index (χ4v) is 3.34. The lowest BCUT2D eigenvalue weighted by atomic mass is 10.2. The molecule has 1 N–H and O–H groups in total. The van der Waals surface area contributed by atoms with Crippen molar-refractivity contribution in [1.82, 2.24) is 15.2 Å². The number of imide groups is 1. The lowest BCUT2D eigenvalue weighted by molar-refractivity contribution is -0.507. The third kappa shape index (κ3) is 4.02. The molecule has 31 heavy (non-hydrogen) atoms. The Hall–Kier alpha value is -4.01. The highest BCUT2D eigenvalue weighted by atomic mass is 16.5. The van der Waals surface area contributed by atoms with Gasteiger partial charge in [0.05, 0.1) is 13.3 Å². The number of ether oxygens (including phenoxy) is 1. The number of hydrazone groups is 1. The van der Waals surface area contributed by atoms with E-state index < -0.39 is 12.1 Å². The maximum Gasteiger partial charge on any atom is 0.413 e. The van der Waals surface area contributed by atoms with Gasteiger partial charge in [-0.05, 0) is 35.4 Å². The summed E-state index contributed by atoms with van der Waals surface area (Å²) in [6.45, 7) is 0.507. The van der Waals surface area contributed by atoms with Crippen LogP contribution in [0.1, 0.15) is 11.1 Å². The monoisotopic (exact) mass is 419 g/mol. The maximum atomic E-state index is 12.5. The first kappa shape index (κ1) is 20.3. The number of carbonyl (C=O) groups is 2. The smallest absolute Gasteiger partial charge is 0.413 e. The molecule has 9 heteroatoms. The number of hydrogen-bond donors (Lipinski definition) is 1. The summed E-state index contributed by atoms with van der Waals surface area (Å²) in [5, 5.41) is 4.21. The largest absolute Gasteiger partial charge is 0.489 e. The van der Waals surface area contributed by atoms with Crippen molar-refractivity contribution in [3.63, 3.8) is 0 Å². The number of carbonyl (C=O) groups excluding carboxylic acids is 2. The minimum Gasteiger partial charge on any atom is -0.489 e. The molecule has 3 amide bonds. The van der Waals surface area contributed by atoms with E-state index in [-0.39, 0.29) is 5.91 Å². The van der Waals surface area contributed by atoms with Crippen molar-refractivity contribution in [3.05, 3.63) is 65.7 Å². The van der Waals surface area contributed by atoms with E-state index in [4.69, 9.17) is 4.74 Å². The molecule has 9 nitrogen and oxygen atoms in total. The van der Waals surface area contributed by atoms with Crippen molar-refractivity contribution < 1.29 is 18.9 Å². The molecule has 0 radical (unpaired) electrons. The van der Waals surface area contributed by atoms with E-state index in [9.17, 15) is 9.59 Å². The first-order chi connectivity index (χ1) is 15.0. The van der Waals surface area contributed by atoms with Gasteiger partial charge in [-0.1, -0.05) is 35.3 Å². The molecule has 2 heterocycles. The first-order valence-corrected chi connectivity index (χ1v) is 9.75. The highest BCUT2D eigenvalue weighted by molar-refractivity contribution is 6.22. The Labute approximate surface area is 179 Å². The fourth-order valence-electron chi connectivity index (χ4n) is 3.34. The van der Waals surface area contributed by atoms with Crippen LogP contribution >= 0.6 is 0 Å². The number of guanidine groups is 1. The molecule has 1 unspecified atom stereocenters. The number of nitrogens with one attached hydrogen (secondary N) is 1. The predicted molar refractivity (Wildman–Crippen MR) is 116 cm³/mol. The Morgan fingerprint density at radius 3 is 2.52 bits per heavy atom. The number of amidine groups is 1. The number of nitrogens with zero attached hydrogens (tertiary/aromatic N) is 5. The third-order valence-corrected chi connectivity index (χ3v) is 5.18. The van der Waals surface area contributed by atoms with Crippen molar-refractivity contribution in [2.75, 3.05) is 21.1 Å². The summed E-state index contributed by atoms with van der Waals surface area (Å²) in [6, 6.07) is 16.5. The van der Waals surface area contributed by atoms with E-state index in [1.54, 1.807) is 24.9 Å². The van der Waals surface area contributed by atoms with Crippen LogP contribution in [0, 0.1) is 0 Å². The number of hydrogen-bond acceptors (Lipinski definition) is 6.